The number of amides is 2. The highest BCUT2D eigenvalue weighted by Crippen LogP contribution is 2.19. The van der Waals surface area contributed by atoms with E-state index in [0.717, 1.165) is 32.3 Å². The van der Waals surface area contributed by atoms with Gasteiger partial charge in [-0.15, -0.1) is 0 Å². The highest BCUT2D eigenvalue weighted by molar-refractivity contribution is 5.74. The molecule has 0 bridgehead atoms. The number of likely N-dealkylation sites (tertiary alicyclic amines) is 1. The van der Waals surface area contributed by atoms with E-state index in [0.29, 0.717) is 19.6 Å². The predicted molar refractivity (Wildman–Crippen MR) is 73.5 cm³/mol. The Morgan fingerprint density at radius 1 is 1.30 bits per heavy atom. The van der Waals surface area contributed by atoms with Crippen LogP contribution in [0.25, 0.3) is 0 Å². The first-order chi connectivity index (χ1) is 9.65. The van der Waals surface area contributed by atoms with E-state index in [2.05, 4.69) is 5.32 Å². The molecule has 2 rings (SSSR count). The smallest absolute Gasteiger partial charge is 0.317 e. The van der Waals surface area contributed by atoms with Crippen LogP contribution in [0.2, 0.25) is 0 Å². The van der Waals surface area contributed by atoms with Crippen molar-refractivity contribution in [3.05, 3.63) is 0 Å². The number of hydrogen-bond acceptors (Lipinski definition) is 3. The standard InChI is InChI=1S/C14H24N2O4/c17-13(18)9-11-5-7-16(10-11)14(19)15-6-4-12-3-1-2-8-20-12/h11-12H,1-10H2,(H,15,19)(H,17,18). The predicted octanol–water partition coefficient (Wildman–Crippen LogP) is 1.45. The second-order valence-electron chi connectivity index (χ2n) is 5.71. The minimum atomic E-state index is -0.785. The molecule has 2 heterocycles. The number of hydrogen-bond donors (Lipinski definition) is 2. The topological polar surface area (TPSA) is 78.9 Å². The first kappa shape index (κ1) is 15.1. The molecule has 0 aromatic heterocycles. The molecular weight excluding hydrogens is 260 g/mol. The maximum Gasteiger partial charge on any atom is 0.317 e. The molecule has 2 fully saturated rings. The molecular formula is C14H24N2O4. The Balaban J connectivity index is 1.61. The Morgan fingerprint density at radius 3 is 2.85 bits per heavy atom. The Labute approximate surface area is 119 Å². The zero-order valence-corrected chi connectivity index (χ0v) is 11.8. The molecule has 2 unspecified atom stereocenters. The van der Waals surface area contributed by atoms with E-state index >= 15 is 0 Å². The van der Waals surface area contributed by atoms with E-state index in [1.807, 2.05) is 0 Å². The molecule has 2 aliphatic rings. The van der Waals surface area contributed by atoms with Gasteiger partial charge in [-0.3, -0.25) is 4.79 Å². The zero-order valence-electron chi connectivity index (χ0n) is 11.8. The van der Waals surface area contributed by atoms with Crippen molar-refractivity contribution in [2.75, 3.05) is 26.2 Å². The third-order valence-electron chi connectivity index (χ3n) is 4.05. The Morgan fingerprint density at radius 2 is 2.15 bits per heavy atom. The number of nitrogens with one attached hydrogen (secondary N) is 1. The summed E-state index contributed by atoms with van der Waals surface area (Å²) in [4.78, 5) is 24.3. The van der Waals surface area contributed by atoms with Crippen LogP contribution in [0.1, 0.15) is 38.5 Å². The molecule has 114 valence electrons. The molecule has 2 aliphatic heterocycles. The van der Waals surface area contributed by atoms with Crippen LogP contribution < -0.4 is 5.32 Å². The molecule has 0 aromatic rings. The van der Waals surface area contributed by atoms with Crippen LogP contribution >= 0.6 is 0 Å². The Bertz CT molecular complexity index is 342. The molecule has 20 heavy (non-hydrogen) atoms. The van der Waals surface area contributed by atoms with Crippen LogP contribution in [0.5, 0.6) is 0 Å². The fourth-order valence-electron chi connectivity index (χ4n) is 2.92. The van der Waals surface area contributed by atoms with Gasteiger partial charge in [-0.05, 0) is 38.0 Å². The summed E-state index contributed by atoms with van der Waals surface area (Å²) in [7, 11) is 0. The minimum Gasteiger partial charge on any atom is -0.481 e. The lowest BCUT2D eigenvalue weighted by Crippen LogP contribution is -2.40. The summed E-state index contributed by atoms with van der Waals surface area (Å²) in [6.45, 7) is 2.67. The Hall–Kier alpha value is -1.30. The second-order valence-corrected chi connectivity index (χ2v) is 5.71. The Kier molecular flexibility index (Phi) is 5.64. The van der Waals surface area contributed by atoms with Gasteiger partial charge < -0.3 is 20.1 Å². The number of carbonyl (C=O) groups excluding carboxylic acids is 1. The summed E-state index contributed by atoms with van der Waals surface area (Å²) in [5.41, 5.74) is 0. The molecule has 0 radical (unpaired) electrons. The number of ether oxygens (including phenoxy) is 1. The van der Waals surface area contributed by atoms with E-state index in [1.54, 1.807) is 4.90 Å². The van der Waals surface area contributed by atoms with Gasteiger partial charge in [0.25, 0.3) is 0 Å². The lowest BCUT2D eigenvalue weighted by molar-refractivity contribution is -0.138. The van der Waals surface area contributed by atoms with Gasteiger partial charge in [-0.2, -0.15) is 0 Å². The molecule has 2 atom stereocenters. The van der Waals surface area contributed by atoms with Crippen molar-refractivity contribution in [3.8, 4) is 0 Å². The fourth-order valence-corrected chi connectivity index (χ4v) is 2.92. The van der Waals surface area contributed by atoms with Gasteiger partial charge >= 0.3 is 12.0 Å². The summed E-state index contributed by atoms with van der Waals surface area (Å²) in [5, 5.41) is 11.7. The zero-order chi connectivity index (χ0) is 14.4. The van der Waals surface area contributed by atoms with Crippen LogP contribution in [0.3, 0.4) is 0 Å². The number of rotatable bonds is 5. The maximum atomic E-state index is 11.9. The SMILES string of the molecule is O=C(O)CC1CCN(C(=O)NCCC2CCCCO2)C1. The van der Waals surface area contributed by atoms with E-state index in [1.165, 1.54) is 6.42 Å². The van der Waals surface area contributed by atoms with E-state index < -0.39 is 5.97 Å². The average Bonchev–Trinajstić information content (AvgIpc) is 2.87. The molecule has 2 saturated heterocycles. The number of carboxylic acids is 1. The number of carbonyl (C=O) groups is 2. The number of carboxylic acid groups (broad SMARTS) is 1. The molecule has 0 spiro atoms. The average molecular weight is 284 g/mol. The molecule has 2 N–H and O–H groups in total. The molecule has 0 saturated carbocycles. The monoisotopic (exact) mass is 284 g/mol. The largest absolute Gasteiger partial charge is 0.481 e. The van der Waals surface area contributed by atoms with Crippen molar-refractivity contribution >= 4 is 12.0 Å². The van der Waals surface area contributed by atoms with Crippen molar-refractivity contribution in [3.63, 3.8) is 0 Å². The van der Waals surface area contributed by atoms with Crippen molar-refractivity contribution in [2.45, 2.75) is 44.6 Å². The van der Waals surface area contributed by atoms with Gasteiger partial charge in [-0.25, -0.2) is 4.79 Å². The third kappa shape index (κ3) is 4.67. The van der Waals surface area contributed by atoms with Crippen molar-refractivity contribution in [1.82, 2.24) is 10.2 Å². The first-order valence-corrected chi connectivity index (χ1v) is 7.51. The van der Waals surface area contributed by atoms with E-state index in [9.17, 15) is 9.59 Å². The van der Waals surface area contributed by atoms with Crippen LogP contribution in [-0.2, 0) is 9.53 Å². The summed E-state index contributed by atoms with van der Waals surface area (Å²) in [5.74, 6) is -0.688. The van der Waals surface area contributed by atoms with Gasteiger partial charge in [0.15, 0.2) is 0 Å². The summed E-state index contributed by atoms with van der Waals surface area (Å²) < 4.78 is 5.62. The van der Waals surface area contributed by atoms with Crippen LogP contribution in [0, 0.1) is 5.92 Å². The fraction of sp³-hybridized carbons (Fsp3) is 0.857. The quantitative estimate of drug-likeness (QED) is 0.801. The molecule has 2 amide bonds. The summed E-state index contributed by atoms with van der Waals surface area (Å²) in [6, 6.07) is -0.0753. The van der Waals surface area contributed by atoms with Gasteiger partial charge in [0.2, 0.25) is 0 Å². The number of nitrogens with zero attached hydrogens (tertiary/aromatic N) is 1. The lowest BCUT2D eigenvalue weighted by atomic mass is 10.1. The van der Waals surface area contributed by atoms with Crippen molar-refractivity contribution < 1.29 is 19.4 Å². The lowest BCUT2D eigenvalue weighted by Gasteiger charge is -2.23. The van der Waals surface area contributed by atoms with Crippen molar-refractivity contribution in [2.24, 2.45) is 5.92 Å². The number of urea groups is 1. The highest BCUT2D eigenvalue weighted by atomic mass is 16.5. The summed E-state index contributed by atoms with van der Waals surface area (Å²) in [6.07, 6.45) is 5.51. The second kappa shape index (κ2) is 7.47. The van der Waals surface area contributed by atoms with Crippen LogP contribution in [0.4, 0.5) is 4.79 Å². The highest BCUT2D eigenvalue weighted by Gasteiger charge is 2.27. The van der Waals surface area contributed by atoms with Gasteiger partial charge in [0.05, 0.1) is 6.10 Å². The summed E-state index contributed by atoms with van der Waals surface area (Å²) >= 11 is 0. The van der Waals surface area contributed by atoms with E-state index in [-0.39, 0.29) is 24.5 Å². The molecule has 0 aromatic carbocycles. The van der Waals surface area contributed by atoms with Gasteiger partial charge in [0, 0.05) is 32.7 Å². The van der Waals surface area contributed by atoms with E-state index in [4.69, 9.17) is 9.84 Å². The van der Waals surface area contributed by atoms with Gasteiger partial charge in [0.1, 0.15) is 0 Å². The maximum absolute atomic E-state index is 11.9. The first-order valence-electron chi connectivity index (χ1n) is 7.51. The normalized spacial score (nSPS) is 26.5. The van der Waals surface area contributed by atoms with Crippen LogP contribution in [-0.4, -0.2) is 54.4 Å². The van der Waals surface area contributed by atoms with Crippen molar-refractivity contribution in [1.29, 1.82) is 0 Å². The third-order valence-corrected chi connectivity index (χ3v) is 4.05. The molecule has 0 aliphatic carbocycles. The van der Waals surface area contributed by atoms with Gasteiger partial charge in [-0.1, -0.05) is 0 Å². The minimum absolute atomic E-state index is 0.0753. The number of aliphatic carboxylic acids is 1. The van der Waals surface area contributed by atoms with Crippen LogP contribution in [0.15, 0.2) is 0 Å². The molecule has 6 heteroatoms. The molecule has 6 nitrogen and oxygen atoms in total.